The van der Waals surface area contributed by atoms with Crippen molar-refractivity contribution in [2.45, 2.75) is 13.8 Å². The van der Waals surface area contributed by atoms with Crippen LogP contribution < -0.4 is 5.32 Å². The van der Waals surface area contributed by atoms with Gasteiger partial charge in [0, 0.05) is 29.7 Å². The number of hydrogen-bond acceptors (Lipinski definition) is 4. The van der Waals surface area contributed by atoms with Gasteiger partial charge >= 0.3 is 0 Å². The molecule has 1 aromatic carbocycles. The Bertz CT molecular complexity index is 595. The first-order chi connectivity index (χ1) is 9.60. The summed E-state index contributed by atoms with van der Waals surface area (Å²) in [6.45, 7) is 4.38. The maximum Gasteiger partial charge on any atom is 0.251 e. The standard InChI is InChI=1S/C15H18N2O2S/c1-10(8-18)7-16-15(19)13-5-3-4-12(6-13)14-9-20-11(2)17-14/h3-6,9-10,18H,7-8H2,1-2H3,(H,16,19). The maximum absolute atomic E-state index is 12.0. The van der Waals surface area contributed by atoms with Gasteiger partial charge in [-0.05, 0) is 25.0 Å². The second kappa shape index (κ2) is 6.63. The van der Waals surface area contributed by atoms with E-state index in [0.29, 0.717) is 12.1 Å². The summed E-state index contributed by atoms with van der Waals surface area (Å²) in [6.07, 6.45) is 0. The molecule has 0 aliphatic heterocycles. The van der Waals surface area contributed by atoms with Gasteiger partial charge in [-0.25, -0.2) is 4.98 Å². The molecule has 1 unspecified atom stereocenters. The number of rotatable bonds is 5. The van der Waals surface area contributed by atoms with Crippen LogP contribution in [0.5, 0.6) is 0 Å². The third-order valence-electron chi connectivity index (χ3n) is 2.96. The van der Waals surface area contributed by atoms with Crippen molar-refractivity contribution in [2.24, 2.45) is 5.92 Å². The molecule has 1 heterocycles. The van der Waals surface area contributed by atoms with Gasteiger partial charge in [0.25, 0.3) is 5.91 Å². The van der Waals surface area contributed by atoms with Crippen LogP contribution in [-0.4, -0.2) is 29.1 Å². The van der Waals surface area contributed by atoms with E-state index in [0.717, 1.165) is 16.3 Å². The van der Waals surface area contributed by atoms with E-state index in [4.69, 9.17) is 5.11 Å². The Labute approximate surface area is 122 Å². The van der Waals surface area contributed by atoms with Crippen molar-refractivity contribution in [3.8, 4) is 11.3 Å². The third kappa shape index (κ3) is 3.65. The molecule has 106 valence electrons. The predicted octanol–water partition coefficient (Wildman–Crippen LogP) is 2.48. The van der Waals surface area contributed by atoms with Crippen molar-refractivity contribution < 1.29 is 9.90 Å². The number of aryl methyl sites for hydroxylation is 1. The molecule has 5 heteroatoms. The van der Waals surface area contributed by atoms with Crippen LogP contribution in [0.4, 0.5) is 0 Å². The zero-order valence-electron chi connectivity index (χ0n) is 11.6. The highest BCUT2D eigenvalue weighted by Crippen LogP contribution is 2.22. The van der Waals surface area contributed by atoms with Crippen molar-refractivity contribution in [1.82, 2.24) is 10.3 Å². The number of aliphatic hydroxyl groups is 1. The first kappa shape index (κ1) is 14.7. The van der Waals surface area contributed by atoms with E-state index < -0.39 is 0 Å². The minimum absolute atomic E-state index is 0.0586. The van der Waals surface area contributed by atoms with E-state index in [2.05, 4.69) is 10.3 Å². The van der Waals surface area contributed by atoms with Crippen molar-refractivity contribution in [3.05, 3.63) is 40.2 Å². The molecule has 2 rings (SSSR count). The van der Waals surface area contributed by atoms with Crippen molar-refractivity contribution in [2.75, 3.05) is 13.2 Å². The molecule has 2 aromatic rings. The van der Waals surface area contributed by atoms with Crippen LogP contribution in [0.1, 0.15) is 22.3 Å². The van der Waals surface area contributed by atoms with E-state index in [1.165, 1.54) is 0 Å². The SMILES string of the molecule is Cc1nc(-c2cccc(C(=O)NCC(C)CO)c2)cs1. The smallest absolute Gasteiger partial charge is 0.251 e. The van der Waals surface area contributed by atoms with Gasteiger partial charge in [-0.1, -0.05) is 19.1 Å². The van der Waals surface area contributed by atoms with Crippen LogP contribution in [0.25, 0.3) is 11.3 Å². The molecule has 2 N–H and O–H groups in total. The Hall–Kier alpha value is -1.72. The number of aromatic nitrogens is 1. The lowest BCUT2D eigenvalue weighted by Gasteiger charge is -2.10. The molecule has 0 aliphatic carbocycles. The van der Waals surface area contributed by atoms with Crippen LogP contribution >= 0.6 is 11.3 Å². The van der Waals surface area contributed by atoms with Gasteiger partial charge < -0.3 is 10.4 Å². The summed E-state index contributed by atoms with van der Waals surface area (Å²) in [6, 6.07) is 7.42. The Morgan fingerprint density at radius 3 is 2.95 bits per heavy atom. The summed E-state index contributed by atoms with van der Waals surface area (Å²) < 4.78 is 0. The fraction of sp³-hybridized carbons (Fsp3) is 0.333. The molecule has 4 nitrogen and oxygen atoms in total. The van der Waals surface area contributed by atoms with Crippen molar-refractivity contribution in [3.63, 3.8) is 0 Å². The number of nitrogens with one attached hydrogen (secondary N) is 1. The number of carbonyl (C=O) groups is 1. The zero-order valence-corrected chi connectivity index (χ0v) is 12.4. The summed E-state index contributed by atoms with van der Waals surface area (Å²) in [5, 5.41) is 14.8. The lowest BCUT2D eigenvalue weighted by molar-refractivity contribution is 0.0942. The molecule has 1 aromatic heterocycles. The predicted molar refractivity (Wildman–Crippen MR) is 80.9 cm³/mol. The lowest BCUT2D eigenvalue weighted by Crippen LogP contribution is -2.29. The molecular formula is C15H18N2O2S. The van der Waals surface area contributed by atoms with Crippen LogP contribution in [0.3, 0.4) is 0 Å². The number of thiazole rings is 1. The maximum atomic E-state index is 12.0. The first-order valence-corrected chi connectivity index (χ1v) is 7.39. The van der Waals surface area contributed by atoms with Gasteiger partial charge in [0.15, 0.2) is 0 Å². The highest BCUT2D eigenvalue weighted by Gasteiger charge is 2.09. The Balaban J connectivity index is 2.11. The first-order valence-electron chi connectivity index (χ1n) is 6.51. The highest BCUT2D eigenvalue weighted by atomic mass is 32.1. The average molecular weight is 290 g/mol. The van der Waals surface area contributed by atoms with Crippen LogP contribution in [0, 0.1) is 12.8 Å². The minimum atomic E-state index is -0.126. The largest absolute Gasteiger partial charge is 0.396 e. The fourth-order valence-corrected chi connectivity index (χ4v) is 2.37. The van der Waals surface area contributed by atoms with Crippen LogP contribution in [0.15, 0.2) is 29.6 Å². The van der Waals surface area contributed by atoms with E-state index in [-0.39, 0.29) is 18.4 Å². The molecule has 0 spiro atoms. The van der Waals surface area contributed by atoms with Gasteiger partial charge in [0.05, 0.1) is 10.7 Å². The summed E-state index contributed by atoms with van der Waals surface area (Å²) in [4.78, 5) is 16.5. The molecular weight excluding hydrogens is 272 g/mol. The molecule has 0 saturated carbocycles. The number of benzene rings is 1. The van der Waals surface area contributed by atoms with E-state index >= 15 is 0 Å². The number of amides is 1. The number of carbonyl (C=O) groups excluding carboxylic acids is 1. The second-order valence-corrected chi connectivity index (χ2v) is 5.89. The van der Waals surface area contributed by atoms with E-state index in [1.807, 2.05) is 37.4 Å². The highest BCUT2D eigenvalue weighted by molar-refractivity contribution is 7.09. The lowest BCUT2D eigenvalue weighted by atomic mass is 10.1. The van der Waals surface area contributed by atoms with Gasteiger partial charge in [0.2, 0.25) is 0 Å². The molecule has 1 amide bonds. The molecule has 0 fully saturated rings. The monoisotopic (exact) mass is 290 g/mol. The van der Waals surface area contributed by atoms with Crippen molar-refractivity contribution in [1.29, 1.82) is 0 Å². The molecule has 0 saturated heterocycles. The molecule has 0 bridgehead atoms. The van der Waals surface area contributed by atoms with E-state index in [1.54, 1.807) is 17.4 Å². The van der Waals surface area contributed by atoms with Crippen LogP contribution in [-0.2, 0) is 0 Å². The summed E-state index contributed by atoms with van der Waals surface area (Å²) in [5.41, 5.74) is 2.45. The van der Waals surface area contributed by atoms with Gasteiger partial charge in [-0.3, -0.25) is 4.79 Å². The third-order valence-corrected chi connectivity index (χ3v) is 3.74. The Morgan fingerprint density at radius 2 is 2.30 bits per heavy atom. The quantitative estimate of drug-likeness (QED) is 0.889. The number of aliphatic hydroxyl groups excluding tert-OH is 1. The molecule has 0 aliphatic rings. The Kier molecular flexibility index (Phi) is 4.87. The van der Waals surface area contributed by atoms with Gasteiger partial charge in [0.1, 0.15) is 0 Å². The summed E-state index contributed by atoms with van der Waals surface area (Å²) in [5.74, 6) is -0.0672. The fourth-order valence-electron chi connectivity index (χ4n) is 1.75. The Morgan fingerprint density at radius 1 is 1.50 bits per heavy atom. The second-order valence-electron chi connectivity index (χ2n) is 4.83. The topological polar surface area (TPSA) is 62.2 Å². The van der Waals surface area contributed by atoms with Gasteiger partial charge in [-0.15, -0.1) is 11.3 Å². The molecule has 1 atom stereocenters. The van der Waals surface area contributed by atoms with Crippen molar-refractivity contribution >= 4 is 17.2 Å². The van der Waals surface area contributed by atoms with Crippen LogP contribution in [0.2, 0.25) is 0 Å². The summed E-state index contributed by atoms with van der Waals surface area (Å²) >= 11 is 1.59. The van der Waals surface area contributed by atoms with Gasteiger partial charge in [-0.2, -0.15) is 0 Å². The normalized spacial score (nSPS) is 12.2. The van der Waals surface area contributed by atoms with E-state index in [9.17, 15) is 4.79 Å². The minimum Gasteiger partial charge on any atom is -0.396 e. The average Bonchev–Trinajstić information content (AvgIpc) is 2.91. The summed E-state index contributed by atoms with van der Waals surface area (Å²) in [7, 11) is 0. The molecule has 0 radical (unpaired) electrons. The number of hydrogen-bond donors (Lipinski definition) is 2. The number of nitrogens with zero attached hydrogens (tertiary/aromatic N) is 1. The molecule has 20 heavy (non-hydrogen) atoms. The zero-order chi connectivity index (χ0) is 14.5.